The number of aromatic nitrogens is 3. The monoisotopic (exact) mass is 413 g/mol. The number of hydrogen-bond donors (Lipinski definition) is 0. The predicted molar refractivity (Wildman–Crippen MR) is 111 cm³/mol. The quantitative estimate of drug-likeness (QED) is 0.398. The van der Waals surface area contributed by atoms with Crippen LogP contribution in [-0.2, 0) is 7.05 Å². The number of thiophene rings is 1. The second-order valence-electron chi connectivity index (χ2n) is 6.14. The number of rotatable bonds is 5. The minimum Gasteiger partial charge on any atom is -0.494 e. The van der Waals surface area contributed by atoms with Gasteiger partial charge < -0.3 is 4.74 Å². The number of benzene rings is 2. The van der Waals surface area contributed by atoms with E-state index in [4.69, 9.17) is 16.3 Å². The van der Waals surface area contributed by atoms with Crippen molar-refractivity contribution in [2.75, 3.05) is 6.61 Å². The highest BCUT2D eigenvalue weighted by Gasteiger charge is 2.18. The Kier molecular flexibility index (Phi) is 5.15. The maximum Gasteiger partial charge on any atom is 0.186 e. The SMILES string of the molecule is CCOc1ccc(-c2cc(-c3nc(-c4c(F)cccc4Cl)nn3C)cs2)cc1. The molecular formula is C21H17ClFN3OS. The highest BCUT2D eigenvalue weighted by Crippen LogP contribution is 2.34. The van der Waals surface area contributed by atoms with E-state index in [-0.39, 0.29) is 16.4 Å². The number of halogens is 2. The van der Waals surface area contributed by atoms with Crippen LogP contribution in [-0.4, -0.2) is 21.4 Å². The van der Waals surface area contributed by atoms with Gasteiger partial charge in [0.05, 0.1) is 17.2 Å². The molecule has 0 aliphatic rings. The van der Waals surface area contributed by atoms with Gasteiger partial charge in [0.25, 0.3) is 0 Å². The van der Waals surface area contributed by atoms with Gasteiger partial charge in [-0.25, -0.2) is 14.1 Å². The van der Waals surface area contributed by atoms with Gasteiger partial charge in [0.2, 0.25) is 0 Å². The first-order chi connectivity index (χ1) is 13.6. The van der Waals surface area contributed by atoms with Gasteiger partial charge in [-0.1, -0.05) is 17.7 Å². The second kappa shape index (κ2) is 7.73. The summed E-state index contributed by atoms with van der Waals surface area (Å²) in [5.41, 5.74) is 2.23. The maximum absolute atomic E-state index is 14.2. The summed E-state index contributed by atoms with van der Waals surface area (Å²) in [7, 11) is 1.79. The first-order valence-electron chi connectivity index (χ1n) is 8.74. The zero-order valence-corrected chi connectivity index (χ0v) is 16.9. The second-order valence-corrected chi connectivity index (χ2v) is 7.45. The van der Waals surface area contributed by atoms with Crippen molar-refractivity contribution >= 4 is 22.9 Å². The molecule has 0 atom stereocenters. The summed E-state index contributed by atoms with van der Waals surface area (Å²) in [6, 6.07) is 14.6. The molecule has 7 heteroatoms. The van der Waals surface area contributed by atoms with Crippen LogP contribution in [0.25, 0.3) is 33.2 Å². The minimum absolute atomic E-state index is 0.216. The lowest BCUT2D eigenvalue weighted by Crippen LogP contribution is -1.93. The molecule has 2 heterocycles. The molecule has 142 valence electrons. The first kappa shape index (κ1) is 18.7. The number of ether oxygens (including phenoxy) is 1. The van der Waals surface area contributed by atoms with E-state index in [2.05, 4.69) is 16.1 Å². The Morgan fingerprint density at radius 1 is 1.14 bits per heavy atom. The van der Waals surface area contributed by atoms with Gasteiger partial charge in [0.15, 0.2) is 11.6 Å². The zero-order valence-electron chi connectivity index (χ0n) is 15.3. The fourth-order valence-electron chi connectivity index (χ4n) is 2.94. The standard InChI is InChI=1S/C21H17ClFN3OS/c1-3-27-15-9-7-13(8-10-15)18-11-14(12-28-18)21-24-20(25-26(21)2)19-16(22)5-4-6-17(19)23/h4-12H,3H2,1-2H3. The molecule has 4 rings (SSSR count). The van der Waals surface area contributed by atoms with E-state index < -0.39 is 5.82 Å². The summed E-state index contributed by atoms with van der Waals surface area (Å²) in [6.07, 6.45) is 0. The minimum atomic E-state index is -0.440. The fourth-order valence-corrected chi connectivity index (χ4v) is 4.08. The fraction of sp³-hybridized carbons (Fsp3) is 0.143. The zero-order chi connectivity index (χ0) is 19.7. The van der Waals surface area contributed by atoms with Crippen molar-refractivity contribution in [1.29, 1.82) is 0 Å². The largest absolute Gasteiger partial charge is 0.494 e. The van der Waals surface area contributed by atoms with Crippen LogP contribution in [0.3, 0.4) is 0 Å². The molecule has 2 aromatic heterocycles. The molecule has 4 aromatic rings. The normalized spacial score (nSPS) is 11.0. The summed E-state index contributed by atoms with van der Waals surface area (Å²) in [6.45, 7) is 2.60. The van der Waals surface area contributed by atoms with Crippen LogP contribution < -0.4 is 4.74 Å². The number of hydrogen-bond acceptors (Lipinski definition) is 4. The van der Waals surface area contributed by atoms with Crippen molar-refractivity contribution in [3.05, 3.63) is 64.8 Å². The van der Waals surface area contributed by atoms with Crippen LogP contribution in [0.2, 0.25) is 5.02 Å². The van der Waals surface area contributed by atoms with Crippen LogP contribution in [0.15, 0.2) is 53.9 Å². The maximum atomic E-state index is 14.2. The molecule has 0 N–H and O–H groups in total. The topological polar surface area (TPSA) is 39.9 Å². The summed E-state index contributed by atoms with van der Waals surface area (Å²) in [5, 5.41) is 6.67. The molecule has 0 fully saturated rings. The average Bonchev–Trinajstić information content (AvgIpc) is 3.29. The van der Waals surface area contributed by atoms with Gasteiger partial charge in [-0.05, 0) is 55.0 Å². The Balaban J connectivity index is 1.67. The molecule has 0 unspecified atom stereocenters. The van der Waals surface area contributed by atoms with Crippen molar-refractivity contribution in [3.8, 4) is 39.0 Å². The van der Waals surface area contributed by atoms with E-state index in [1.54, 1.807) is 35.2 Å². The molecule has 28 heavy (non-hydrogen) atoms. The summed E-state index contributed by atoms with van der Waals surface area (Å²) in [5.74, 6) is 1.34. The number of nitrogens with zero attached hydrogens (tertiary/aromatic N) is 3. The average molecular weight is 414 g/mol. The van der Waals surface area contributed by atoms with Crippen molar-refractivity contribution in [1.82, 2.24) is 14.8 Å². The third kappa shape index (κ3) is 3.53. The Morgan fingerprint density at radius 3 is 2.64 bits per heavy atom. The Morgan fingerprint density at radius 2 is 1.93 bits per heavy atom. The van der Waals surface area contributed by atoms with Gasteiger partial charge in [-0.2, -0.15) is 5.10 Å². The van der Waals surface area contributed by atoms with Crippen LogP contribution in [0.1, 0.15) is 6.92 Å². The van der Waals surface area contributed by atoms with Crippen molar-refractivity contribution in [3.63, 3.8) is 0 Å². The smallest absolute Gasteiger partial charge is 0.186 e. The van der Waals surface area contributed by atoms with E-state index in [0.29, 0.717) is 12.4 Å². The third-order valence-electron chi connectivity index (χ3n) is 4.26. The van der Waals surface area contributed by atoms with E-state index in [1.165, 1.54) is 6.07 Å². The molecule has 0 saturated carbocycles. The van der Waals surface area contributed by atoms with E-state index in [1.807, 2.05) is 36.6 Å². The molecule has 0 aliphatic carbocycles. The highest BCUT2D eigenvalue weighted by atomic mass is 35.5. The molecule has 4 nitrogen and oxygen atoms in total. The molecular weight excluding hydrogens is 397 g/mol. The van der Waals surface area contributed by atoms with Crippen molar-refractivity contribution in [2.45, 2.75) is 6.92 Å². The van der Waals surface area contributed by atoms with Crippen molar-refractivity contribution < 1.29 is 9.13 Å². The molecule has 0 amide bonds. The van der Waals surface area contributed by atoms with Gasteiger partial charge in [-0.3, -0.25) is 0 Å². The molecule has 2 aromatic carbocycles. The Labute approximate surface area is 171 Å². The highest BCUT2D eigenvalue weighted by molar-refractivity contribution is 7.14. The van der Waals surface area contributed by atoms with Gasteiger partial charge >= 0.3 is 0 Å². The molecule has 0 spiro atoms. The Hall–Kier alpha value is -2.70. The van der Waals surface area contributed by atoms with Crippen LogP contribution in [0.5, 0.6) is 5.75 Å². The lowest BCUT2D eigenvalue weighted by Gasteiger charge is -2.03. The van der Waals surface area contributed by atoms with Crippen molar-refractivity contribution in [2.24, 2.45) is 7.05 Å². The molecule has 0 bridgehead atoms. The van der Waals surface area contributed by atoms with E-state index in [9.17, 15) is 4.39 Å². The van der Waals surface area contributed by atoms with E-state index >= 15 is 0 Å². The molecule has 0 saturated heterocycles. The van der Waals surface area contributed by atoms with Gasteiger partial charge in [-0.15, -0.1) is 11.3 Å². The van der Waals surface area contributed by atoms with E-state index in [0.717, 1.165) is 21.8 Å². The van der Waals surface area contributed by atoms with Crippen LogP contribution >= 0.6 is 22.9 Å². The summed E-state index contributed by atoms with van der Waals surface area (Å²) < 4.78 is 21.3. The first-order valence-corrected chi connectivity index (χ1v) is 10.00. The third-order valence-corrected chi connectivity index (χ3v) is 5.55. The Bertz CT molecular complexity index is 1100. The predicted octanol–water partition coefficient (Wildman–Crippen LogP) is 6.07. The summed E-state index contributed by atoms with van der Waals surface area (Å²) in [4.78, 5) is 5.63. The van der Waals surface area contributed by atoms with Crippen LogP contribution in [0, 0.1) is 5.82 Å². The van der Waals surface area contributed by atoms with Gasteiger partial charge in [0.1, 0.15) is 11.6 Å². The summed E-state index contributed by atoms with van der Waals surface area (Å²) >= 11 is 7.77. The molecule has 0 aliphatic heterocycles. The lowest BCUT2D eigenvalue weighted by molar-refractivity contribution is 0.340. The lowest BCUT2D eigenvalue weighted by atomic mass is 10.1. The number of aryl methyl sites for hydroxylation is 1. The molecule has 0 radical (unpaired) electrons. The van der Waals surface area contributed by atoms with Crippen LogP contribution in [0.4, 0.5) is 4.39 Å². The van der Waals surface area contributed by atoms with Gasteiger partial charge in [0, 0.05) is 22.9 Å².